The van der Waals surface area contributed by atoms with E-state index in [0.717, 1.165) is 11.3 Å². The van der Waals surface area contributed by atoms with Gasteiger partial charge in [0.05, 0.1) is 22.7 Å². The molecule has 1 N–H and O–H groups in total. The second-order valence-electron chi connectivity index (χ2n) is 6.05. The molecule has 25 heavy (non-hydrogen) atoms. The van der Waals surface area contributed by atoms with Gasteiger partial charge in [-0.1, -0.05) is 36.4 Å². The summed E-state index contributed by atoms with van der Waals surface area (Å²) in [4.78, 5) is 34.9. The van der Waals surface area contributed by atoms with Crippen molar-refractivity contribution >= 4 is 17.2 Å². The van der Waals surface area contributed by atoms with Crippen LogP contribution in [0.15, 0.2) is 52.6 Å². The van der Waals surface area contributed by atoms with Crippen LogP contribution in [-0.4, -0.2) is 27.3 Å². The van der Waals surface area contributed by atoms with Gasteiger partial charge in [0.2, 0.25) is 0 Å². The topological polar surface area (TPSA) is 66.1 Å². The number of amides is 1. The van der Waals surface area contributed by atoms with Gasteiger partial charge in [-0.15, -0.1) is 11.3 Å². The summed E-state index contributed by atoms with van der Waals surface area (Å²) in [5.74, 6) is 0.654. The second kappa shape index (κ2) is 6.64. The predicted octanol–water partition coefficient (Wildman–Crippen LogP) is 2.62. The molecule has 0 saturated heterocycles. The van der Waals surface area contributed by atoms with Crippen LogP contribution in [0.4, 0.5) is 0 Å². The molecule has 0 spiro atoms. The molecule has 0 saturated carbocycles. The number of rotatable bonds is 3. The number of aromatic nitrogens is 2. The molecule has 0 atom stereocenters. The largest absolute Gasteiger partial charge is 0.333 e. The number of aromatic amines is 1. The summed E-state index contributed by atoms with van der Waals surface area (Å²) < 4.78 is 0. The standard InChI is InChI=1S/C19H17N3O2S/c23-18-14-12-22(19(24)16-7-4-10-25-16)9-8-15(14)20-17(21-18)11-13-5-2-1-3-6-13/h1-7,10H,8-9,11-12H2,(H,20,21,23). The molecule has 1 amide bonds. The molecule has 0 fully saturated rings. The Morgan fingerprint density at radius 1 is 1.20 bits per heavy atom. The van der Waals surface area contributed by atoms with Gasteiger partial charge in [-0.2, -0.15) is 0 Å². The summed E-state index contributed by atoms with van der Waals surface area (Å²) in [5.41, 5.74) is 2.38. The van der Waals surface area contributed by atoms with Crippen molar-refractivity contribution in [1.82, 2.24) is 14.9 Å². The molecule has 3 heterocycles. The van der Waals surface area contributed by atoms with Gasteiger partial charge in [-0.3, -0.25) is 9.59 Å². The first kappa shape index (κ1) is 15.8. The van der Waals surface area contributed by atoms with Gasteiger partial charge in [-0.25, -0.2) is 4.98 Å². The van der Waals surface area contributed by atoms with Gasteiger partial charge in [0, 0.05) is 19.4 Å². The number of hydrogen-bond acceptors (Lipinski definition) is 4. The maximum atomic E-state index is 12.5. The minimum atomic E-state index is -0.139. The zero-order valence-electron chi connectivity index (χ0n) is 13.6. The second-order valence-corrected chi connectivity index (χ2v) is 7.00. The Hall–Kier alpha value is -2.73. The molecule has 1 aromatic carbocycles. The highest BCUT2D eigenvalue weighted by Gasteiger charge is 2.25. The van der Waals surface area contributed by atoms with Gasteiger partial charge in [0.25, 0.3) is 11.5 Å². The van der Waals surface area contributed by atoms with Crippen molar-refractivity contribution in [3.05, 3.63) is 85.7 Å². The van der Waals surface area contributed by atoms with E-state index in [0.29, 0.717) is 42.2 Å². The Bertz CT molecular complexity index is 949. The van der Waals surface area contributed by atoms with E-state index in [1.807, 2.05) is 47.8 Å². The SMILES string of the molecule is O=C(c1cccs1)N1CCc2nc(Cc3ccccc3)[nH]c(=O)c2C1. The lowest BCUT2D eigenvalue weighted by Crippen LogP contribution is -2.39. The van der Waals surface area contributed by atoms with Crippen LogP contribution in [0.2, 0.25) is 0 Å². The number of fused-ring (bicyclic) bond motifs is 1. The zero-order valence-corrected chi connectivity index (χ0v) is 14.4. The summed E-state index contributed by atoms with van der Waals surface area (Å²) in [6.45, 7) is 0.908. The molecule has 1 aliphatic rings. The van der Waals surface area contributed by atoms with Crippen molar-refractivity contribution in [2.75, 3.05) is 6.54 Å². The minimum Gasteiger partial charge on any atom is -0.333 e. The Kier molecular flexibility index (Phi) is 4.19. The Morgan fingerprint density at radius 2 is 2.04 bits per heavy atom. The normalized spacial score (nSPS) is 13.5. The third-order valence-electron chi connectivity index (χ3n) is 4.35. The monoisotopic (exact) mass is 351 g/mol. The third kappa shape index (κ3) is 3.25. The van der Waals surface area contributed by atoms with Gasteiger partial charge >= 0.3 is 0 Å². The minimum absolute atomic E-state index is 0.0200. The average Bonchev–Trinajstić information content (AvgIpc) is 3.16. The molecule has 1 aliphatic heterocycles. The fourth-order valence-corrected chi connectivity index (χ4v) is 3.77. The van der Waals surface area contributed by atoms with Crippen molar-refractivity contribution in [3.63, 3.8) is 0 Å². The Morgan fingerprint density at radius 3 is 2.80 bits per heavy atom. The van der Waals surface area contributed by atoms with E-state index in [9.17, 15) is 9.59 Å². The highest BCUT2D eigenvalue weighted by Crippen LogP contribution is 2.19. The van der Waals surface area contributed by atoms with Crippen molar-refractivity contribution in [1.29, 1.82) is 0 Å². The number of thiophene rings is 1. The highest BCUT2D eigenvalue weighted by atomic mass is 32.1. The molecule has 0 aliphatic carbocycles. The fourth-order valence-electron chi connectivity index (χ4n) is 3.08. The smallest absolute Gasteiger partial charge is 0.264 e. The van der Waals surface area contributed by atoms with Crippen LogP contribution in [0.5, 0.6) is 0 Å². The van der Waals surface area contributed by atoms with E-state index in [-0.39, 0.29) is 11.5 Å². The molecule has 2 aromatic heterocycles. The molecular weight excluding hydrogens is 334 g/mol. The maximum absolute atomic E-state index is 12.5. The molecule has 0 radical (unpaired) electrons. The summed E-state index contributed by atoms with van der Waals surface area (Å²) in [7, 11) is 0. The van der Waals surface area contributed by atoms with Crippen LogP contribution >= 0.6 is 11.3 Å². The average molecular weight is 351 g/mol. The predicted molar refractivity (Wildman–Crippen MR) is 96.9 cm³/mol. The number of H-pyrrole nitrogens is 1. The number of benzene rings is 1. The number of hydrogen-bond donors (Lipinski definition) is 1. The maximum Gasteiger partial charge on any atom is 0.264 e. The number of nitrogens with zero attached hydrogens (tertiary/aromatic N) is 2. The molecule has 0 unspecified atom stereocenters. The van der Waals surface area contributed by atoms with Crippen LogP contribution in [0.3, 0.4) is 0 Å². The molecule has 6 heteroatoms. The number of carbonyl (C=O) groups excluding carboxylic acids is 1. The van der Waals surface area contributed by atoms with Gasteiger partial charge in [-0.05, 0) is 17.0 Å². The van der Waals surface area contributed by atoms with Crippen molar-refractivity contribution in [2.45, 2.75) is 19.4 Å². The molecular formula is C19H17N3O2S. The first-order valence-electron chi connectivity index (χ1n) is 8.18. The first-order chi connectivity index (χ1) is 12.2. The van der Waals surface area contributed by atoms with Crippen molar-refractivity contribution < 1.29 is 4.79 Å². The summed E-state index contributed by atoms with van der Waals surface area (Å²) >= 11 is 1.42. The van der Waals surface area contributed by atoms with Crippen LogP contribution in [0, 0.1) is 0 Å². The zero-order chi connectivity index (χ0) is 17.2. The lowest BCUT2D eigenvalue weighted by molar-refractivity contribution is 0.0737. The number of carbonyl (C=O) groups is 1. The van der Waals surface area contributed by atoms with Crippen molar-refractivity contribution in [3.8, 4) is 0 Å². The Balaban J connectivity index is 1.57. The lowest BCUT2D eigenvalue weighted by atomic mass is 10.1. The van der Waals surface area contributed by atoms with Crippen molar-refractivity contribution in [2.24, 2.45) is 0 Å². The fraction of sp³-hybridized carbons (Fsp3) is 0.211. The molecule has 0 bridgehead atoms. The first-order valence-corrected chi connectivity index (χ1v) is 9.06. The van der Waals surface area contributed by atoms with Crippen LogP contribution in [-0.2, 0) is 19.4 Å². The van der Waals surface area contributed by atoms with E-state index >= 15 is 0 Å². The third-order valence-corrected chi connectivity index (χ3v) is 5.21. The summed E-state index contributed by atoms with van der Waals surface area (Å²) in [6, 6.07) is 13.6. The van der Waals surface area contributed by atoms with E-state index in [1.54, 1.807) is 4.90 Å². The quantitative estimate of drug-likeness (QED) is 0.789. The molecule has 4 rings (SSSR count). The van der Waals surface area contributed by atoms with E-state index in [2.05, 4.69) is 9.97 Å². The molecule has 5 nitrogen and oxygen atoms in total. The van der Waals surface area contributed by atoms with Gasteiger partial charge in [0.1, 0.15) is 5.82 Å². The Labute approximate surface area is 149 Å². The lowest BCUT2D eigenvalue weighted by Gasteiger charge is -2.27. The summed E-state index contributed by atoms with van der Waals surface area (Å²) in [6.07, 6.45) is 1.21. The van der Waals surface area contributed by atoms with Crippen LogP contribution < -0.4 is 5.56 Å². The van der Waals surface area contributed by atoms with Gasteiger partial charge < -0.3 is 9.88 Å². The van der Waals surface area contributed by atoms with E-state index in [1.165, 1.54) is 11.3 Å². The summed E-state index contributed by atoms with van der Waals surface area (Å²) in [5, 5.41) is 1.88. The van der Waals surface area contributed by atoms with Crippen LogP contribution in [0.25, 0.3) is 0 Å². The van der Waals surface area contributed by atoms with Crippen LogP contribution in [0.1, 0.15) is 32.3 Å². The number of nitrogens with one attached hydrogen (secondary N) is 1. The van der Waals surface area contributed by atoms with E-state index in [4.69, 9.17) is 0 Å². The molecule has 3 aromatic rings. The highest BCUT2D eigenvalue weighted by molar-refractivity contribution is 7.12. The van der Waals surface area contributed by atoms with Gasteiger partial charge in [0.15, 0.2) is 0 Å². The van der Waals surface area contributed by atoms with E-state index < -0.39 is 0 Å². The molecule has 126 valence electrons.